The highest BCUT2D eigenvalue weighted by Crippen LogP contribution is 2.11. The van der Waals surface area contributed by atoms with Gasteiger partial charge in [0, 0.05) is 24.9 Å². The quantitative estimate of drug-likeness (QED) is 0.755. The lowest BCUT2D eigenvalue weighted by Crippen LogP contribution is -2.42. The first-order valence-electron chi connectivity index (χ1n) is 5.80. The van der Waals surface area contributed by atoms with Crippen molar-refractivity contribution in [3.05, 3.63) is 18.5 Å². The monoisotopic (exact) mass is 266 g/mol. The largest absolute Gasteiger partial charge is 0.477 e. The highest BCUT2D eigenvalue weighted by molar-refractivity contribution is 6.36. The lowest BCUT2D eigenvalue weighted by molar-refractivity contribution is -0.132. The van der Waals surface area contributed by atoms with E-state index >= 15 is 0 Å². The van der Waals surface area contributed by atoms with Gasteiger partial charge in [-0.3, -0.25) is 9.48 Å². The zero-order valence-electron chi connectivity index (χ0n) is 10.3. The summed E-state index contributed by atoms with van der Waals surface area (Å²) < 4.78 is 1.69. The summed E-state index contributed by atoms with van der Waals surface area (Å²) in [5, 5.41) is 18.8. The van der Waals surface area contributed by atoms with E-state index in [1.807, 2.05) is 6.92 Å². The molecule has 0 spiro atoms. The summed E-state index contributed by atoms with van der Waals surface area (Å²) in [6.45, 7) is 2.35. The number of rotatable bonds is 5. The van der Waals surface area contributed by atoms with Gasteiger partial charge in [0.2, 0.25) is 6.10 Å². The molecule has 19 heavy (non-hydrogen) atoms. The lowest BCUT2D eigenvalue weighted by atomic mass is 10.1. The summed E-state index contributed by atoms with van der Waals surface area (Å²) in [6, 6.07) is 1.64. The molecular weight excluding hydrogens is 252 g/mol. The van der Waals surface area contributed by atoms with Gasteiger partial charge in [-0.25, -0.2) is 4.79 Å². The van der Waals surface area contributed by atoms with Crippen molar-refractivity contribution < 1.29 is 19.5 Å². The van der Waals surface area contributed by atoms with Gasteiger partial charge in [-0.2, -0.15) is 5.10 Å². The summed E-state index contributed by atoms with van der Waals surface area (Å²) >= 11 is 0. The van der Waals surface area contributed by atoms with Crippen LogP contribution in [0, 0.1) is 0 Å². The van der Waals surface area contributed by atoms with Crippen LogP contribution < -0.4 is 5.32 Å². The second-order valence-electron chi connectivity index (χ2n) is 4.28. The molecule has 0 saturated carbocycles. The first-order valence-corrected chi connectivity index (χ1v) is 5.80. The normalized spacial score (nSPS) is 19.4. The number of aliphatic carboxylic acids is 1. The molecule has 1 aliphatic rings. The second kappa shape index (κ2) is 5.51. The van der Waals surface area contributed by atoms with Crippen LogP contribution in [0.15, 0.2) is 23.6 Å². The Labute approximate surface area is 109 Å². The average Bonchev–Trinajstić information content (AvgIpc) is 2.98. The molecule has 8 nitrogen and oxygen atoms in total. The van der Waals surface area contributed by atoms with Gasteiger partial charge in [0.05, 0.1) is 6.54 Å². The van der Waals surface area contributed by atoms with Crippen molar-refractivity contribution in [1.82, 2.24) is 15.1 Å². The molecule has 2 unspecified atom stereocenters. The predicted molar refractivity (Wildman–Crippen MR) is 64.4 cm³/mol. The van der Waals surface area contributed by atoms with Crippen LogP contribution in [-0.4, -0.2) is 44.6 Å². The third-order valence-corrected chi connectivity index (χ3v) is 2.62. The molecule has 0 aromatic carbocycles. The van der Waals surface area contributed by atoms with E-state index in [2.05, 4.69) is 15.6 Å². The third kappa shape index (κ3) is 3.30. The Morgan fingerprint density at radius 1 is 1.68 bits per heavy atom. The fraction of sp³-hybridized carbons (Fsp3) is 0.455. The van der Waals surface area contributed by atoms with Gasteiger partial charge in [0.25, 0.3) is 5.91 Å². The first kappa shape index (κ1) is 13.1. The maximum absolute atomic E-state index is 11.8. The van der Waals surface area contributed by atoms with Gasteiger partial charge in [0.1, 0.15) is 0 Å². The summed E-state index contributed by atoms with van der Waals surface area (Å²) in [6.07, 6.45) is 2.56. The SMILES string of the molecule is CC(Cn1cccn1)NC(=O)C1CC(C(=O)O)=NO1. The number of carbonyl (C=O) groups is 2. The summed E-state index contributed by atoms with van der Waals surface area (Å²) in [7, 11) is 0. The Bertz CT molecular complexity index is 497. The molecule has 1 aromatic rings. The molecule has 0 saturated heterocycles. The zero-order chi connectivity index (χ0) is 13.8. The fourth-order valence-electron chi connectivity index (χ4n) is 1.71. The molecule has 1 amide bonds. The maximum Gasteiger partial charge on any atom is 0.353 e. The molecule has 1 aromatic heterocycles. The molecule has 0 fully saturated rings. The number of carboxylic acid groups (broad SMARTS) is 1. The molecule has 2 N–H and O–H groups in total. The van der Waals surface area contributed by atoms with Crippen LogP contribution in [0.3, 0.4) is 0 Å². The number of oxime groups is 1. The number of amides is 1. The van der Waals surface area contributed by atoms with Crippen LogP contribution >= 0.6 is 0 Å². The number of carbonyl (C=O) groups excluding carboxylic acids is 1. The van der Waals surface area contributed by atoms with Crippen LogP contribution in [0.25, 0.3) is 0 Å². The minimum atomic E-state index is -1.17. The molecule has 0 aliphatic carbocycles. The topological polar surface area (TPSA) is 106 Å². The zero-order valence-corrected chi connectivity index (χ0v) is 10.3. The van der Waals surface area contributed by atoms with Crippen molar-refractivity contribution in [3.63, 3.8) is 0 Å². The van der Waals surface area contributed by atoms with Crippen LogP contribution in [0.1, 0.15) is 13.3 Å². The molecule has 2 heterocycles. The summed E-state index contributed by atoms with van der Waals surface area (Å²) in [4.78, 5) is 27.3. The van der Waals surface area contributed by atoms with Crippen molar-refractivity contribution in [1.29, 1.82) is 0 Å². The van der Waals surface area contributed by atoms with Gasteiger partial charge in [-0.05, 0) is 13.0 Å². The number of carboxylic acids is 1. The van der Waals surface area contributed by atoms with Crippen molar-refractivity contribution in [2.75, 3.05) is 0 Å². The number of nitrogens with one attached hydrogen (secondary N) is 1. The second-order valence-corrected chi connectivity index (χ2v) is 4.28. The standard InChI is InChI=1S/C11H14N4O4/c1-7(6-15-4-2-3-12-15)13-10(16)9-5-8(11(17)18)14-19-9/h2-4,7,9H,5-6H2,1H3,(H,13,16)(H,17,18). The highest BCUT2D eigenvalue weighted by Gasteiger charge is 2.31. The number of nitrogens with zero attached hydrogens (tertiary/aromatic N) is 3. The molecule has 102 valence electrons. The van der Waals surface area contributed by atoms with Crippen molar-refractivity contribution in [2.45, 2.75) is 32.0 Å². The van der Waals surface area contributed by atoms with Gasteiger partial charge in [-0.1, -0.05) is 5.16 Å². The maximum atomic E-state index is 11.8. The van der Waals surface area contributed by atoms with Crippen LogP contribution in [0.2, 0.25) is 0 Å². The van der Waals surface area contributed by atoms with Crippen LogP contribution in [0.4, 0.5) is 0 Å². The van der Waals surface area contributed by atoms with Gasteiger partial charge in [-0.15, -0.1) is 0 Å². The molecule has 0 radical (unpaired) electrons. The van der Waals surface area contributed by atoms with Gasteiger partial charge < -0.3 is 15.3 Å². The van der Waals surface area contributed by atoms with E-state index in [4.69, 9.17) is 9.94 Å². The lowest BCUT2D eigenvalue weighted by Gasteiger charge is -2.16. The number of hydrogen-bond donors (Lipinski definition) is 2. The molecule has 2 atom stereocenters. The summed E-state index contributed by atoms with van der Waals surface area (Å²) in [5.74, 6) is -1.54. The van der Waals surface area contributed by atoms with Crippen molar-refractivity contribution in [2.24, 2.45) is 5.16 Å². The molecule has 2 rings (SSSR count). The van der Waals surface area contributed by atoms with E-state index in [1.54, 1.807) is 23.1 Å². The smallest absolute Gasteiger partial charge is 0.353 e. The molecule has 1 aliphatic heterocycles. The van der Waals surface area contributed by atoms with Gasteiger partial charge in [0.15, 0.2) is 5.71 Å². The van der Waals surface area contributed by atoms with E-state index in [0.29, 0.717) is 6.54 Å². The summed E-state index contributed by atoms with van der Waals surface area (Å²) in [5.41, 5.74) is -0.139. The average molecular weight is 266 g/mol. The molecular formula is C11H14N4O4. The van der Waals surface area contributed by atoms with Gasteiger partial charge >= 0.3 is 5.97 Å². The van der Waals surface area contributed by atoms with E-state index < -0.39 is 12.1 Å². The van der Waals surface area contributed by atoms with Crippen molar-refractivity contribution in [3.8, 4) is 0 Å². The Balaban J connectivity index is 1.80. The highest BCUT2D eigenvalue weighted by atomic mass is 16.6. The van der Waals surface area contributed by atoms with E-state index in [1.165, 1.54) is 0 Å². The Morgan fingerprint density at radius 2 is 2.47 bits per heavy atom. The molecule has 8 heteroatoms. The fourth-order valence-corrected chi connectivity index (χ4v) is 1.71. The van der Waals surface area contributed by atoms with E-state index in [9.17, 15) is 9.59 Å². The Morgan fingerprint density at radius 3 is 3.05 bits per heavy atom. The minimum Gasteiger partial charge on any atom is -0.477 e. The minimum absolute atomic E-state index is 0.0182. The first-order chi connectivity index (χ1) is 9.06. The Hall–Kier alpha value is -2.38. The molecule has 0 bridgehead atoms. The van der Waals surface area contributed by atoms with Crippen molar-refractivity contribution >= 4 is 17.6 Å². The number of hydrogen-bond acceptors (Lipinski definition) is 5. The van der Waals surface area contributed by atoms with Crippen LogP contribution in [-0.2, 0) is 21.0 Å². The third-order valence-electron chi connectivity index (χ3n) is 2.62. The predicted octanol–water partition coefficient (Wildman–Crippen LogP) is -0.383. The number of aromatic nitrogens is 2. The van der Waals surface area contributed by atoms with E-state index in [-0.39, 0.29) is 24.1 Å². The van der Waals surface area contributed by atoms with E-state index in [0.717, 1.165) is 0 Å². The Kier molecular flexibility index (Phi) is 3.79. The van der Waals surface area contributed by atoms with Crippen LogP contribution in [0.5, 0.6) is 0 Å².